The Balaban J connectivity index is 1.83. The molecular formula is C17H22N4O2S. The molecule has 0 aromatic carbocycles. The highest BCUT2D eigenvalue weighted by Crippen LogP contribution is 2.24. The van der Waals surface area contributed by atoms with Crippen LogP contribution < -0.4 is 5.73 Å². The number of imidazole rings is 1. The molecule has 0 radical (unpaired) electrons. The Morgan fingerprint density at radius 3 is 2.79 bits per heavy atom. The van der Waals surface area contributed by atoms with Crippen LogP contribution in [0.3, 0.4) is 0 Å². The number of hydrogen-bond donors (Lipinski definition) is 1. The molecule has 2 heterocycles. The maximum absolute atomic E-state index is 12.6. The second-order valence-corrected chi connectivity index (χ2v) is 7.49. The topological polar surface area (TPSA) is 80.7 Å². The summed E-state index contributed by atoms with van der Waals surface area (Å²) in [5.74, 6) is -0.637. The van der Waals surface area contributed by atoms with E-state index in [2.05, 4.69) is 4.98 Å². The maximum Gasteiger partial charge on any atom is 0.247 e. The first-order valence-corrected chi connectivity index (χ1v) is 8.99. The van der Waals surface area contributed by atoms with E-state index in [1.165, 1.54) is 11.0 Å². The fourth-order valence-corrected chi connectivity index (χ4v) is 4.18. The molecule has 0 aliphatic heterocycles. The molecule has 2 aromatic heterocycles. The summed E-state index contributed by atoms with van der Waals surface area (Å²) in [6, 6.07) is 0.115. The largest absolute Gasteiger partial charge is 0.368 e. The molecule has 7 heteroatoms. The summed E-state index contributed by atoms with van der Waals surface area (Å²) < 4.78 is 1.99. The number of carbonyl (C=O) groups is 2. The third kappa shape index (κ3) is 3.36. The number of nitrogens with two attached hydrogens (primary N) is 1. The predicted molar refractivity (Wildman–Crippen MR) is 94.7 cm³/mol. The Kier molecular flexibility index (Phi) is 4.71. The number of aryl methyl sites for hydroxylation is 2. The summed E-state index contributed by atoms with van der Waals surface area (Å²) in [5.41, 5.74) is 7.10. The Bertz CT molecular complexity index is 799. The highest BCUT2D eigenvalue weighted by atomic mass is 32.1. The van der Waals surface area contributed by atoms with Crippen molar-refractivity contribution in [3.8, 4) is 0 Å². The van der Waals surface area contributed by atoms with Crippen LogP contribution in [0.4, 0.5) is 0 Å². The van der Waals surface area contributed by atoms with Gasteiger partial charge in [0.1, 0.15) is 0 Å². The minimum Gasteiger partial charge on any atom is -0.368 e. The van der Waals surface area contributed by atoms with Gasteiger partial charge in [0.25, 0.3) is 0 Å². The first-order chi connectivity index (χ1) is 11.5. The average Bonchev–Trinajstić information content (AvgIpc) is 3.19. The number of thiazole rings is 1. The average molecular weight is 346 g/mol. The maximum atomic E-state index is 12.6. The zero-order valence-corrected chi connectivity index (χ0v) is 14.8. The van der Waals surface area contributed by atoms with Crippen LogP contribution >= 0.6 is 11.3 Å². The van der Waals surface area contributed by atoms with Gasteiger partial charge in [-0.25, -0.2) is 4.98 Å². The fourth-order valence-electron chi connectivity index (χ4n) is 3.30. The second kappa shape index (κ2) is 6.76. The molecule has 2 aromatic rings. The van der Waals surface area contributed by atoms with Gasteiger partial charge in [-0.2, -0.15) is 0 Å². The van der Waals surface area contributed by atoms with Gasteiger partial charge in [0, 0.05) is 23.2 Å². The molecule has 128 valence electrons. The van der Waals surface area contributed by atoms with Gasteiger partial charge in [0.15, 0.2) is 4.96 Å². The van der Waals surface area contributed by atoms with E-state index in [0.29, 0.717) is 0 Å². The predicted octanol–water partition coefficient (Wildman–Crippen LogP) is 2.28. The molecule has 1 aliphatic rings. The Hall–Kier alpha value is -2.15. The Morgan fingerprint density at radius 2 is 2.12 bits per heavy atom. The number of nitrogens with zero attached hydrogens (tertiary/aromatic N) is 3. The van der Waals surface area contributed by atoms with E-state index in [0.717, 1.165) is 42.0 Å². The molecule has 1 saturated carbocycles. The van der Waals surface area contributed by atoms with Crippen LogP contribution in [0, 0.1) is 13.8 Å². The van der Waals surface area contributed by atoms with Crippen molar-refractivity contribution in [3.05, 3.63) is 28.5 Å². The van der Waals surface area contributed by atoms with Gasteiger partial charge in [-0.1, -0.05) is 12.8 Å². The van der Waals surface area contributed by atoms with Crippen LogP contribution in [0.25, 0.3) is 11.0 Å². The van der Waals surface area contributed by atoms with E-state index in [-0.39, 0.29) is 18.5 Å². The van der Waals surface area contributed by atoms with Gasteiger partial charge in [0.2, 0.25) is 11.8 Å². The smallest absolute Gasteiger partial charge is 0.247 e. The van der Waals surface area contributed by atoms with Crippen molar-refractivity contribution in [3.63, 3.8) is 0 Å². The van der Waals surface area contributed by atoms with Crippen molar-refractivity contribution in [1.82, 2.24) is 14.3 Å². The minimum absolute atomic E-state index is 0.0216. The Morgan fingerprint density at radius 1 is 1.42 bits per heavy atom. The number of aromatic nitrogens is 2. The van der Waals surface area contributed by atoms with Crippen LogP contribution in [-0.4, -0.2) is 38.7 Å². The number of carbonyl (C=O) groups excluding carboxylic acids is 2. The molecule has 2 amide bonds. The molecule has 24 heavy (non-hydrogen) atoms. The SMILES string of the molecule is Cc1cn2c(C=CC(=O)N(CC(N)=O)C3CCCC3)c(C)nc2s1. The summed E-state index contributed by atoms with van der Waals surface area (Å²) >= 11 is 1.62. The van der Waals surface area contributed by atoms with Gasteiger partial charge >= 0.3 is 0 Å². The first kappa shape index (κ1) is 16.7. The summed E-state index contributed by atoms with van der Waals surface area (Å²) in [5, 5.41) is 0. The number of fused-ring (bicyclic) bond motifs is 1. The monoisotopic (exact) mass is 346 g/mol. The molecular weight excluding hydrogens is 324 g/mol. The van der Waals surface area contributed by atoms with E-state index in [4.69, 9.17) is 5.73 Å². The fraction of sp³-hybridized carbons (Fsp3) is 0.471. The summed E-state index contributed by atoms with van der Waals surface area (Å²) in [4.78, 5) is 32.2. The number of amides is 2. The van der Waals surface area contributed by atoms with E-state index < -0.39 is 5.91 Å². The van der Waals surface area contributed by atoms with Crippen molar-refractivity contribution in [2.24, 2.45) is 5.73 Å². The normalized spacial score (nSPS) is 15.6. The molecule has 6 nitrogen and oxygen atoms in total. The van der Waals surface area contributed by atoms with Crippen molar-refractivity contribution in [2.75, 3.05) is 6.54 Å². The lowest BCUT2D eigenvalue weighted by Crippen LogP contribution is -2.43. The van der Waals surface area contributed by atoms with Crippen LogP contribution in [0.2, 0.25) is 0 Å². The third-order valence-electron chi connectivity index (χ3n) is 4.42. The molecule has 3 rings (SSSR count). The molecule has 2 N–H and O–H groups in total. The van der Waals surface area contributed by atoms with Crippen molar-refractivity contribution in [1.29, 1.82) is 0 Å². The van der Waals surface area contributed by atoms with Gasteiger partial charge in [0.05, 0.1) is 17.9 Å². The highest BCUT2D eigenvalue weighted by molar-refractivity contribution is 7.17. The lowest BCUT2D eigenvalue weighted by Gasteiger charge is -2.26. The second-order valence-electron chi connectivity index (χ2n) is 6.28. The lowest BCUT2D eigenvalue weighted by molar-refractivity contribution is -0.133. The van der Waals surface area contributed by atoms with Crippen molar-refractivity contribution < 1.29 is 9.59 Å². The van der Waals surface area contributed by atoms with E-state index in [1.807, 2.05) is 24.4 Å². The van der Waals surface area contributed by atoms with Gasteiger partial charge in [-0.05, 0) is 32.8 Å². The van der Waals surface area contributed by atoms with Gasteiger partial charge in [-0.3, -0.25) is 14.0 Å². The van der Waals surface area contributed by atoms with Gasteiger partial charge in [-0.15, -0.1) is 11.3 Å². The van der Waals surface area contributed by atoms with Crippen LogP contribution in [0.15, 0.2) is 12.3 Å². The molecule has 1 fully saturated rings. The summed E-state index contributed by atoms with van der Waals surface area (Å²) in [6.07, 6.45) is 9.39. The molecule has 0 spiro atoms. The minimum atomic E-state index is -0.472. The summed E-state index contributed by atoms with van der Waals surface area (Å²) in [6.45, 7) is 3.94. The summed E-state index contributed by atoms with van der Waals surface area (Å²) in [7, 11) is 0. The standard InChI is InChI=1S/C17H22N4O2S/c1-11-9-21-14(12(2)19-17(21)24-11)7-8-16(23)20(10-15(18)22)13-5-3-4-6-13/h7-9,13H,3-6,10H2,1-2H3,(H2,18,22). The molecule has 1 aliphatic carbocycles. The zero-order chi connectivity index (χ0) is 17.3. The molecule has 0 bridgehead atoms. The number of rotatable bonds is 5. The Labute approximate surface area is 145 Å². The van der Waals surface area contributed by atoms with Crippen LogP contribution in [-0.2, 0) is 9.59 Å². The molecule has 0 saturated heterocycles. The van der Waals surface area contributed by atoms with Crippen molar-refractivity contribution >= 4 is 34.2 Å². The van der Waals surface area contributed by atoms with Crippen molar-refractivity contribution in [2.45, 2.75) is 45.6 Å². The first-order valence-electron chi connectivity index (χ1n) is 8.18. The van der Waals surface area contributed by atoms with E-state index in [9.17, 15) is 9.59 Å². The number of primary amides is 1. The van der Waals surface area contributed by atoms with Crippen LogP contribution in [0.5, 0.6) is 0 Å². The van der Waals surface area contributed by atoms with E-state index >= 15 is 0 Å². The number of hydrogen-bond acceptors (Lipinski definition) is 4. The van der Waals surface area contributed by atoms with Gasteiger partial charge < -0.3 is 10.6 Å². The zero-order valence-electron chi connectivity index (χ0n) is 14.0. The van der Waals surface area contributed by atoms with E-state index in [1.54, 1.807) is 22.3 Å². The lowest BCUT2D eigenvalue weighted by atomic mass is 10.2. The third-order valence-corrected chi connectivity index (χ3v) is 5.32. The quantitative estimate of drug-likeness (QED) is 0.844. The highest BCUT2D eigenvalue weighted by Gasteiger charge is 2.26. The molecule has 0 unspecified atom stereocenters. The van der Waals surface area contributed by atoms with Crippen LogP contribution in [0.1, 0.15) is 41.9 Å². The molecule has 0 atom stereocenters.